The van der Waals surface area contributed by atoms with Crippen LogP contribution in [0.15, 0.2) is 0 Å². The molecule has 1 fully saturated rings. The summed E-state index contributed by atoms with van der Waals surface area (Å²) in [6.45, 7) is 0. The van der Waals surface area contributed by atoms with Gasteiger partial charge in [0.25, 0.3) is 5.24 Å². The highest BCUT2D eigenvalue weighted by Crippen LogP contribution is 2.21. The lowest BCUT2D eigenvalue weighted by Crippen LogP contribution is -2.25. The van der Waals surface area contributed by atoms with Crippen LogP contribution in [0, 0.1) is 0 Å². The maximum atomic E-state index is 10.7. The van der Waals surface area contributed by atoms with Crippen molar-refractivity contribution in [1.82, 2.24) is 5.32 Å². The zero-order chi connectivity index (χ0) is 8.43. The lowest BCUT2D eigenvalue weighted by Gasteiger charge is -1.97. The Balaban J connectivity index is 2.53. The molecule has 0 unspecified atom stereocenters. The number of hydrogen-bond acceptors (Lipinski definition) is 4. The third-order valence-electron chi connectivity index (χ3n) is 1.13. The number of thioether (sulfide) groups is 1. The van der Waals surface area contributed by atoms with Crippen LogP contribution in [-0.2, 0) is 9.59 Å². The molecule has 0 bridgehead atoms. The highest BCUT2D eigenvalue weighted by molar-refractivity contribution is 8.15. The van der Waals surface area contributed by atoms with E-state index in [-0.39, 0.29) is 6.42 Å². The molecule has 1 rings (SSSR count). The zero-order valence-corrected chi connectivity index (χ0v) is 6.18. The molecule has 6 heteroatoms. The third-order valence-corrected chi connectivity index (χ3v) is 2.11. The number of carbonyl (C=O) groups excluding carboxylic acids is 2. The van der Waals surface area contributed by atoms with Crippen molar-refractivity contribution in [3.63, 3.8) is 0 Å². The number of imide groups is 1. The number of hydrogen-bond donors (Lipinski definition) is 2. The van der Waals surface area contributed by atoms with Crippen molar-refractivity contribution in [3.8, 4) is 0 Å². The van der Waals surface area contributed by atoms with E-state index in [1.807, 2.05) is 5.32 Å². The van der Waals surface area contributed by atoms with E-state index >= 15 is 0 Å². The molecule has 2 N–H and O–H groups in total. The van der Waals surface area contributed by atoms with E-state index in [1.165, 1.54) is 0 Å². The summed E-state index contributed by atoms with van der Waals surface area (Å²) in [5, 5.41) is 9.05. The highest BCUT2D eigenvalue weighted by atomic mass is 32.2. The van der Waals surface area contributed by atoms with E-state index in [0.717, 1.165) is 11.8 Å². The lowest BCUT2D eigenvalue weighted by molar-refractivity contribution is -0.138. The van der Waals surface area contributed by atoms with Gasteiger partial charge in [-0.1, -0.05) is 11.8 Å². The molecule has 0 aromatic rings. The molecule has 0 spiro atoms. The fraction of sp³-hybridized carbons (Fsp3) is 0.400. The minimum Gasteiger partial charge on any atom is -0.481 e. The average Bonchev–Trinajstić information content (AvgIpc) is 2.09. The predicted molar refractivity (Wildman–Crippen MR) is 37.2 cm³/mol. The summed E-state index contributed by atoms with van der Waals surface area (Å²) < 4.78 is 0. The number of amides is 2. The topological polar surface area (TPSA) is 83.5 Å². The molecule has 60 valence electrons. The Hall–Kier alpha value is -1.04. The van der Waals surface area contributed by atoms with E-state index in [9.17, 15) is 14.4 Å². The van der Waals surface area contributed by atoms with Crippen LogP contribution in [0.2, 0.25) is 0 Å². The number of carboxylic acids is 1. The second-order valence-electron chi connectivity index (χ2n) is 1.98. The fourth-order valence-corrected chi connectivity index (χ4v) is 1.50. The van der Waals surface area contributed by atoms with E-state index in [0.29, 0.717) is 0 Å². The normalized spacial score (nSPS) is 23.5. The Morgan fingerprint density at radius 1 is 1.64 bits per heavy atom. The van der Waals surface area contributed by atoms with E-state index in [4.69, 9.17) is 5.11 Å². The largest absolute Gasteiger partial charge is 0.481 e. The number of aliphatic carboxylic acids is 1. The van der Waals surface area contributed by atoms with Crippen LogP contribution in [0.1, 0.15) is 6.42 Å². The quantitative estimate of drug-likeness (QED) is 0.607. The van der Waals surface area contributed by atoms with E-state index < -0.39 is 22.4 Å². The van der Waals surface area contributed by atoms with Gasteiger partial charge in [0, 0.05) is 0 Å². The van der Waals surface area contributed by atoms with Crippen molar-refractivity contribution in [2.75, 3.05) is 0 Å². The fourth-order valence-electron chi connectivity index (χ4n) is 0.686. The van der Waals surface area contributed by atoms with E-state index in [1.54, 1.807) is 0 Å². The zero-order valence-electron chi connectivity index (χ0n) is 5.36. The lowest BCUT2D eigenvalue weighted by atomic mass is 10.3. The van der Waals surface area contributed by atoms with Gasteiger partial charge in [-0.2, -0.15) is 0 Å². The summed E-state index contributed by atoms with van der Waals surface area (Å²) >= 11 is 0.722. The monoisotopic (exact) mass is 175 g/mol. The van der Waals surface area contributed by atoms with Gasteiger partial charge in [0.15, 0.2) is 0 Å². The molecule has 1 aliphatic rings. The summed E-state index contributed by atoms with van der Waals surface area (Å²) in [6, 6.07) is 0. The molecule has 0 radical (unpaired) electrons. The van der Waals surface area contributed by atoms with Gasteiger partial charge in [0.2, 0.25) is 5.91 Å². The number of nitrogens with one attached hydrogen (secondary N) is 1. The van der Waals surface area contributed by atoms with Crippen LogP contribution in [0.25, 0.3) is 0 Å². The first kappa shape index (κ1) is 8.06. The van der Waals surface area contributed by atoms with Gasteiger partial charge >= 0.3 is 5.97 Å². The minimum atomic E-state index is -1.08. The van der Waals surface area contributed by atoms with Crippen molar-refractivity contribution in [1.29, 1.82) is 0 Å². The van der Waals surface area contributed by atoms with Crippen molar-refractivity contribution in [2.24, 2.45) is 0 Å². The molecule has 1 atom stereocenters. The van der Waals surface area contributed by atoms with Crippen molar-refractivity contribution < 1.29 is 19.5 Å². The standard InChI is InChI=1S/C5H5NO4S/c7-3(8)1-2-4(9)6-5(10)11-2/h2H,1H2,(H,7,8)(H,6,9,10)/t2-/m1/s1. The molecule has 11 heavy (non-hydrogen) atoms. The molecule has 0 saturated carbocycles. The first-order valence-corrected chi connectivity index (χ1v) is 3.71. The van der Waals surface area contributed by atoms with Gasteiger partial charge in [-0.05, 0) is 0 Å². The van der Waals surface area contributed by atoms with Crippen LogP contribution < -0.4 is 5.32 Å². The summed E-state index contributed by atoms with van der Waals surface area (Å²) in [7, 11) is 0. The molecular formula is C5H5NO4S. The van der Waals surface area contributed by atoms with Crippen molar-refractivity contribution in [2.45, 2.75) is 11.7 Å². The van der Waals surface area contributed by atoms with Gasteiger partial charge in [0.1, 0.15) is 5.25 Å². The van der Waals surface area contributed by atoms with Gasteiger partial charge in [-0.25, -0.2) is 0 Å². The highest BCUT2D eigenvalue weighted by Gasteiger charge is 2.32. The Labute approximate surface area is 66.1 Å². The summed E-state index contributed by atoms with van der Waals surface area (Å²) in [5.41, 5.74) is 0. The number of rotatable bonds is 2. The van der Waals surface area contributed by atoms with Crippen LogP contribution in [0.3, 0.4) is 0 Å². The molecule has 1 heterocycles. The number of carboxylic acid groups (broad SMARTS) is 1. The van der Waals surface area contributed by atoms with E-state index in [2.05, 4.69) is 0 Å². The van der Waals surface area contributed by atoms with Crippen LogP contribution in [0.5, 0.6) is 0 Å². The second-order valence-corrected chi connectivity index (χ2v) is 3.16. The molecular weight excluding hydrogens is 170 g/mol. The molecule has 0 aromatic heterocycles. The first-order valence-electron chi connectivity index (χ1n) is 2.83. The maximum absolute atomic E-state index is 10.7. The average molecular weight is 175 g/mol. The van der Waals surface area contributed by atoms with Gasteiger partial charge in [-0.3, -0.25) is 19.7 Å². The predicted octanol–water partition coefficient (Wildman–Crippen LogP) is -0.187. The Bertz CT molecular complexity index is 227. The number of carbonyl (C=O) groups is 3. The van der Waals surface area contributed by atoms with Gasteiger partial charge in [-0.15, -0.1) is 0 Å². The molecule has 5 nitrogen and oxygen atoms in total. The van der Waals surface area contributed by atoms with Gasteiger partial charge < -0.3 is 5.11 Å². The Kier molecular flexibility index (Phi) is 2.13. The van der Waals surface area contributed by atoms with Crippen LogP contribution >= 0.6 is 11.8 Å². The molecule has 1 saturated heterocycles. The van der Waals surface area contributed by atoms with Crippen LogP contribution in [0.4, 0.5) is 4.79 Å². The molecule has 0 aromatic carbocycles. The van der Waals surface area contributed by atoms with Crippen LogP contribution in [-0.4, -0.2) is 27.5 Å². The second kappa shape index (κ2) is 2.91. The van der Waals surface area contributed by atoms with Crippen molar-refractivity contribution >= 4 is 28.9 Å². The smallest absolute Gasteiger partial charge is 0.305 e. The molecule has 0 aliphatic carbocycles. The minimum absolute atomic E-state index is 0.303. The third kappa shape index (κ3) is 1.94. The van der Waals surface area contributed by atoms with Crippen molar-refractivity contribution in [3.05, 3.63) is 0 Å². The Morgan fingerprint density at radius 3 is 2.64 bits per heavy atom. The Morgan fingerprint density at radius 2 is 2.27 bits per heavy atom. The maximum Gasteiger partial charge on any atom is 0.305 e. The summed E-state index contributed by atoms with van der Waals surface area (Å²) in [4.78, 5) is 31.3. The van der Waals surface area contributed by atoms with Gasteiger partial charge in [0.05, 0.1) is 6.42 Å². The molecule has 1 aliphatic heterocycles. The molecule has 2 amide bonds. The SMILES string of the molecule is O=C(O)C[C@H]1SC(=O)NC1=O. The first-order chi connectivity index (χ1) is 5.09. The summed E-state index contributed by atoms with van der Waals surface area (Å²) in [6.07, 6.45) is -0.303. The summed E-state index contributed by atoms with van der Waals surface area (Å²) in [5.74, 6) is -1.59.